The van der Waals surface area contributed by atoms with Gasteiger partial charge < -0.3 is 20.3 Å². The number of nitrogens with zero attached hydrogens (tertiary/aromatic N) is 1. The summed E-state index contributed by atoms with van der Waals surface area (Å²) in [4.78, 5) is 38.2. The molecule has 4 aliphatic rings. The van der Waals surface area contributed by atoms with Gasteiger partial charge in [0.05, 0.1) is 5.60 Å². The molecular weight excluding hydrogens is 396 g/mol. The third-order valence-corrected chi connectivity index (χ3v) is 7.20. The summed E-state index contributed by atoms with van der Waals surface area (Å²) in [5, 5.41) is 9.44. The lowest BCUT2D eigenvalue weighted by Gasteiger charge is -2.44. The zero-order valence-electron chi connectivity index (χ0n) is 17.7. The van der Waals surface area contributed by atoms with Crippen LogP contribution in [-0.4, -0.2) is 60.0 Å². The molecule has 3 N–H and O–H groups in total. The number of carbonyl (C=O) groups excluding carboxylic acids is 3. The van der Waals surface area contributed by atoms with Crippen LogP contribution in [0.4, 0.5) is 0 Å². The second kappa shape index (κ2) is 8.33. The Kier molecular flexibility index (Phi) is 5.54. The number of hydrogen-bond donors (Lipinski definition) is 3. The van der Waals surface area contributed by atoms with Crippen molar-refractivity contribution >= 4 is 17.7 Å². The van der Waals surface area contributed by atoms with E-state index >= 15 is 0 Å². The molecular formula is C23H30N4O4. The Morgan fingerprint density at radius 3 is 2.81 bits per heavy atom. The van der Waals surface area contributed by atoms with Gasteiger partial charge in [-0.25, -0.2) is 0 Å². The van der Waals surface area contributed by atoms with Gasteiger partial charge >= 0.3 is 0 Å². The lowest BCUT2D eigenvalue weighted by Crippen LogP contribution is -2.52. The van der Waals surface area contributed by atoms with Crippen molar-refractivity contribution in [2.45, 2.75) is 69.3 Å². The highest BCUT2D eigenvalue weighted by atomic mass is 16.5. The Bertz CT molecular complexity index is 890. The Morgan fingerprint density at radius 1 is 1.16 bits per heavy atom. The third-order valence-electron chi connectivity index (χ3n) is 7.20. The zero-order valence-corrected chi connectivity index (χ0v) is 17.7. The fourth-order valence-corrected chi connectivity index (χ4v) is 5.41. The molecule has 0 radical (unpaired) electrons. The zero-order chi connectivity index (χ0) is 21.4. The molecule has 1 aromatic carbocycles. The first-order valence-corrected chi connectivity index (χ1v) is 11.4. The number of rotatable bonds is 4. The molecule has 0 aliphatic carbocycles. The molecule has 3 fully saturated rings. The number of piperidine rings is 2. The predicted octanol–water partition coefficient (Wildman–Crippen LogP) is 0.838. The maximum Gasteiger partial charge on any atom is 0.255 e. The van der Waals surface area contributed by atoms with Gasteiger partial charge in [0.1, 0.15) is 6.04 Å². The van der Waals surface area contributed by atoms with E-state index in [2.05, 4.69) is 22.0 Å². The first-order chi connectivity index (χ1) is 15.0. The molecule has 2 atom stereocenters. The van der Waals surface area contributed by atoms with Gasteiger partial charge in [0.15, 0.2) is 0 Å². The van der Waals surface area contributed by atoms with Crippen LogP contribution in [0.25, 0.3) is 0 Å². The van der Waals surface area contributed by atoms with E-state index in [0.29, 0.717) is 31.1 Å². The molecule has 0 aromatic heterocycles. The molecule has 4 heterocycles. The molecule has 2 unspecified atom stereocenters. The summed E-state index contributed by atoms with van der Waals surface area (Å²) in [5.74, 6) is -0.755. The standard InChI is InChI=1S/C23H30N4O4/c28-20-4-3-19(21(29)26-20)27-14-16-2-1-15(11-18(16)22(27)30)13-25-17-5-10-31-23(12-17)6-8-24-9-7-23/h1-2,11,17,19,24-25H,3-10,12-14H2,(H,26,28,29). The SMILES string of the molecule is O=C1CCC(N2Cc3ccc(CNC4CCOC5(CCNCC5)C4)cc3C2=O)C(=O)N1. The summed E-state index contributed by atoms with van der Waals surface area (Å²) in [7, 11) is 0. The Balaban J connectivity index is 1.22. The summed E-state index contributed by atoms with van der Waals surface area (Å²) in [6, 6.07) is 5.86. The van der Waals surface area contributed by atoms with Crippen LogP contribution >= 0.6 is 0 Å². The first-order valence-electron chi connectivity index (χ1n) is 11.4. The van der Waals surface area contributed by atoms with Crippen molar-refractivity contribution in [3.8, 4) is 0 Å². The molecule has 0 saturated carbocycles. The number of ether oxygens (including phenoxy) is 1. The molecule has 8 heteroatoms. The van der Waals surface area contributed by atoms with Crippen molar-refractivity contribution in [2.24, 2.45) is 0 Å². The number of hydrogen-bond acceptors (Lipinski definition) is 6. The van der Waals surface area contributed by atoms with E-state index in [-0.39, 0.29) is 29.7 Å². The largest absolute Gasteiger partial charge is 0.375 e. The van der Waals surface area contributed by atoms with Crippen molar-refractivity contribution in [3.05, 3.63) is 34.9 Å². The van der Waals surface area contributed by atoms with Crippen LogP contribution in [0.2, 0.25) is 0 Å². The number of nitrogens with one attached hydrogen (secondary N) is 3. The molecule has 5 rings (SSSR count). The van der Waals surface area contributed by atoms with Gasteiger partial charge in [0.25, 0.3) is 5.91 Å². The van der Waals surface area contributed by atoms with Gasteiger partial charge in [-0.05, 0) is 62.4 Å². The fourth-order valence-electron chi connectivity index (χ4n) is 5.41. The minimum Gasteiger partial charge on any atom is -0.375 e. The van der Waals surface area contributed by atoms with Gasteiger partial charge in [-0.2, -0.15) is 0 Å². The number of imide groups is 1. The number of fused-ring (bicyclic) bond motifs is 1. The molecule has 166 valence electrons. The Hall–Kier alpha value is -2.29. The molecule has 31 heavy (non-hydrogen) atoms. The summed E-state index contributed by atoms with van der Waals surface area (Å²) in [6.07, 6.45) is 4.82. The number of carbonyl (C=O) groups is 3. The van der Waals surface area contributed by atoms with Gasteiger partial charge in [-0.3, -0.25) is 19.7 Å². The van der Waals surface area contributed by atoms with Gasteiger partial charge in [0, 0.05) is 37.7 Å². The van der Waals surface area contributed by atoms with Crippen molar-refractivity contribution < 1.29 is 19.1 Å². The molecule has 3 saturated heterocycles. The first kappa shape index (κ1) is 20.6. The van der Waals surface area contributed by atoms with Crippen molar-refractivity contribution in [2.75, 3.05) is 19.7 Å². The minimum absolute atomic E-state index is 0.0114. The monoisotopic (exact) mass is 426 g/mol. The topological polar surface area (TPSA) is 99.8 Å². The van der Waals surface area contributed by atoms with Crippen LogP contribution in [0.15, 0.2) is 18.2 Å². The fraction of sp³-hybridized carbons (Fsp3) is 0.609. The van der Waals surface area contributed by atoms with Gasteiger partial charge in [-0.15, -0.1) is 0 Å². The average Bonchev–Trinajstić information content (AvgIpc) is 3.09. The normalized spacial score (nSPS) is 28.0. The summed E-state index contributed by atoms with van der Waals surface area (Å²) in [5.41, 5.74) is 2.70. The average molecular weight is 427 g/mol. The molecule has 0 bridgehead atoms. The lowest BCUT2D eigenvalue weighted by atomic mass is 9.83. The highest BCUT2D eigenvalue weighted by Gasteiger charge is 2.40. The third kappa shape index (κ3) is 4.12. The quantitative estimate of drug-likeness (QED) is 0.617. The second-order valence-corrected chi connectivity index (χ2v) is 9.24. The maximum absolute atomic E-state index is 13.0. The van der Waals surface area contributed by atoms with Crippen molar-refractivity contribution in [1.29, 1.82) is 0 Å². The van der Waals surface area contributed by atoms with Crippen LogP contribution in [0.1, 0.15) is 60.0 Å². The van der Waals surface area contributed by atoms with Crippen LogP contribution in [0.5, 0.6) is 0 Å². The van der Waals surface area contributed by atoms with Gasteiger partial charge in [-0.1, -0.05) is 12.1 Å². The smallest absolute Gasteiger partial charge is 0.255 e. The summed E-state index contributed by atoms with van der Waals surface area (Å²) < 4.78 is 6.16. The molecule has 1 aromatic rings. The van der Waals surface area contributed by atoms with Gasteiger partial charge in [0.2, 0.25) is 11.8 Å². The summed E-state index contributed by atoms with van der Waals surface area (Å²) >= 11 is 0. The predicted molar refractivity (Wildman–Crippen MR) is 113 cm³/mol. The number of benzene rings is 1. The van der Waals surface area contributed by atoms with Crippen molar-refractivity contribution in [3.63, 3.8) is 0 Å². The molecule has 4 aliphatic heterocycles. The summed E-state index contributed by atoms with van der Waals surface area (Å²) in [6.45, 7) is 3.95. The maximum atomic E-state index is 13.0. The number of amides is 3. The Labute approximate surface area is 182 Å². The highest BCUT2D eigenvalue weighted by molar-refractivity contribution is 6.05. The van der Waals surface area contributed by atoms with E-state index in [1.165, 1.54) is 0 Å². The van der Waals surface area contributed by atoms with Crippen molar-refractivity contribution in [1.82, 2.24) is 20.9 Å². The van der Waals surface area contributed by atoms with Crippen LogP contribution in [0, 0.1) is 0 Å². The van der Waals surface area contributed by atoms with E-state index in [9.17, 15) is 14.4 Å². The molecule has 1 spiro atoms. The van der Waals surface area contributed by atoms with Crippen LogP contribution in [-0.2, 0) is 27.4 Å². The lowest BCUT2D eigenvalue weighted by molar-refractivity contribution is -0.136. The Morgan fingerprint density at radius 2 is 2.00 bits per heavy atom. The van der Waals surface area contributed by atoms with E-state index in [4.69, 9.17) is 4.74 Å². The van der Waals surface area contributed by atoms with E-state index in [0.717, 1.165) is 56.5 Å². The van der Waals surface area contributed by atoms with E-state index in [1.807, 2.05) is 12.1 Å². The van der Waals surface area contributed by atoms with Crippen LogP contribution < -0.4 is 16.0 Å². The van der Waals surface area contributed by atoms with E-state index < -0.39 is 6.04 Å². The molecule has 8 nitrogen and oxygen atoms in total. The molecule has 3 amide bonds. The van der Waals surface area contributed by atoms with Crippen LogP contribution in [0.3, 0.4) is 0 Å². The second-order valence-electron chi connectivity index (χ2n) is 9.24. The van der Waals surface area contributed by atoms with E-state index in [1.54, 1.807) is 4.90 Å². The minimum atomic E-state index is -0.567. The highest BCUT2D eigenvalue weighted by Crippen LogP contribution is 2.33.